The Labute approximate surface area is 122 Å². The molecule has 21 heavy (non-hydrogen) atoms. The van der Waals surface area contributed by atoms with Gasteiger partial charge >= 0.3 is 5.97 Å². The lowest BCUT2D eigenvalue weighted by atomic mass is 10.0. The van der Waals surface area contributed by atoms with Crippen LogP contribution in [-0.4, -0.2) is 22.0 Å². The number of nitro groups is 1. The zero-order valence-electron chi connectivity index (χ0n) is 12.0. The Bertz CT molecular complexity index is 522. The molecule has 0 bridgehead atoms. The highest BCUT2D eigenvalue weighted by Crippen LogP contribution is 2.26. The van der Waals surface area contributed by atoms with Crippen molar-refractivity contribution < 1.29 is 19.2 Å². The zero-order chi connectivity index (χ0) is 16.0. The maximum Gasteiger partial charge on any atom is 0.306 e. The van der Waals surface area contributed by atoms with E-state index in [1.165, 1.54) is 6.07 Å². The molecule has 0 aromatic heterocycles. The van der Waals surface area contributed by atoms with Gasteiger partial charge in [-0.3, -0.25) is 14.9 Å². The maximum atomic E-state index is 13.0. The molecule has 0 saturated carbocycles. The molecule has 0 saturated heterocycles. The van der Waals surface area contributed by atoms with Gasteiger partial charge in [-0.05, 0) is 31.9 Å². The molecule has 0 aliphatic rings. The highest BCUT2D eigenvalue weighted by atomic mass is 19.1. The molecular weight excluding hydrogens is 279 g/mol. The van der Waals surface area contributed by atoms with Gasteiger partial charge in [-0.15, -0.1) is 0 Å². The van der Waals surface area contributed by atoms with Gasteiger partial charge in [0.05, 0.1) is 16.9 Å². The Morgan fingerprint density at radius 1 is 1.43 bits per heavy atom. The number of nitrogens with one attached hydrogen (secondary N) is 1. The number of hydrogen-bond acceptors (Lipinski definition) is 4. The highest BCUT2D eigenvalue weighted by molar-refractivity contribution is 5.69. The van der Waals surface area contributed by atoms with Crippen molar-refractivity contribution in [1.82, 2.24) is 0 Å². The van der Waals surface area contributed by atoms with Gasteiger partial charge in [0.25, 0.3) is 5.69 Å². The number of anilines is 1. The summed E-state index contributed by atoms with van der Waals surface area (Å²) in [4.78, 5) is 20.9. The third-order valence-electron chi connectivity index (χ3n) is 3.25. The van der Waals surface area contributed by atoms with E-state index in [2.05, 4.69) is 5.32 Å². The molecule has 6 nitrogen and oxygen atoms in total. The van der Waals surface area contributed by atoms with E-state index in [0.717, 1.165) is 12.1 Å². The summed E-state index contributed by atoms with van der Waals surface area (Å²) in [5.74, 6) is -1.89. The highest BCUT2D eigenvalue weighted by Gasteiger charge is 2.17. The molecule has 2 unspecified atom stereocenters. The molecular formula is C14H19FN2O4. The molecule has 0 fully saturated rings. The van der Waals surface area contributed by atoms with Crippen LogP contribution in [0.15, 0.2) is 18.2 Å². The van der Waals surface area contributed by atoms with Crippen LogP contribution in [-0.2, 0) is 4.79 Å². The van der Waals surface area contributed by atoms with Crippen LogP contribution in [0.3, 0.4) is 0 Å². The molecule has 0 heterocycles. The Morgan fingerprint density at radius 3 is 2.67 bits per heavy atom. The SMILES string of the molecule is CC(CCCC(C)C(=O)O)Nc1ccc(F)cc1[N+](=O)[O-]. The van der Waals surface area contributed by atoms with Crippen molar-refractivity contribution in [3.05, 3.63) is 34.1 Å². The predicted octanol–water partition coefficient (Wildman–Crippen LogP) is 3.43. The van der Waals surface area contributed by atoms with Crippen LogP contribution in [0.2, 0.25) is 0 Å². The van der Waals surface area contributed by atoms with Crippen molar-refractivity contribution in [3.8, 4) is 0 Å². The van der Waals surface area contributed by atoms with Gasteiger partial charge in [0, 0.05) is 6.04 Å². The van der Waals surface area contributed by atoms with Crippen molar-refractivity contribution in [1.29, 1.82) is 0 Å². The van der Waals surface area contributed by atoms with Crippen LogP contribution in [0.5, 0.6) is 0 Å². The summed E-state index contributed by atoms with van der Waals surface area (Å²) >= 11 is 0. The largest absolute Gasteiger partial charge is 0.481 e. The van der Waals surface area contributed by atoms with Crippen molar-refractivity contribution >= 4 is 17.3 Å². The van der Waals surface area contributed by atoms with Gasteiger partial charge in [0.1, 0.15) is 11.5 Å². The van der Waals surface area contributed by atoms with E-state index in [4.69, 9.17) is 5.11 Å². The zero-order valence-corrected chi connectivity index (χ0v) is 12.0. The quantitative estimate of drug-likeness (QED) is 0.566. The lowest BCUT2D eigenvalue weighted by Gasteiger charge is -2.16. The molecule has 2 N–H and O–H groups in total. The summed E-state index contributed by atoms with van der Waals surface area (Å²) < 4.78 is 13.0. The van der Waals surface area contributed by atoms with Crippen LogP contribution in [0, 0.1) is 21.8 Å². The molecule has 0 spiro atoms. The fourth-order valence-electron chi connectivity index (χ4n) is 1.97. The van der Waals surface area contributed by atoms with Crippen molar-refractivity contribution in [2.75, 3.05) is 5.32 Å². The van der Waals surface area contributed by atoms with E-state index in [1.807, 2.05) is 6.92 Å². The van der Waals surface area contributed by atoms with Gasteiger partial charge in [0.15, 0.2) is 0 Å². The number of benzene rings is 1. The van der Waals surface area contributed by atoms with E-state index in [-0.39, 0.29) is 17.4 Å². The molecule has 0 amide bonds. The van der Waals surface area contributed by atoms with E-state index in [1.54, 1.807) is 6.92 Å². The Morgan fingerprint density at radius 2 is 2.10 bits per heavy atom. The number of nitro benzene ring substituents is 1. The Balaban J connectivity index is 2.57. The molecule has 1 rings (SSSR count). The monoisotopic (exact) mass is 298 g/mol. The fraction of sp³-hybridized carbons (Fsp3) is 0.500. The first kappa shape index (κ1) is 16.9. The first-order chi connectivity index (χ1) is 9.81. The summed E-state index contributed by atoms with van der Waals surface area (Å²) in [6.45, 7) is 3.49. The third kappa shape index (κ3) is 5.37. The summed E-state index contributed by atoms with van der Waals surface area (Å²) in [7, 11) is 0. The second-order valence-electron chi connectivity index (χ2n) is 5.13. The number of carbonyl (C=O) groups is 1. The summed E-state index contributed by atoms with van der Waals surface area (Å²) in [6.07, 6.45) is 1.91. The maximum absolute atomic E-state index is 13.0. The smallest absolute Gasteiger partial charge is 0.306 e. The van der Waals surface area contributed by atoms with Crippen LogP contribution in [0.25, 0.3) is 0 Å². The second kappa shape index (κ2) is 7.56. The minimum atomic E-state index is -0.829. The lowest BCUT2D eigenvalue weighted by Crippen LogP contribution is -2.17. The number of aliphatic carboxylic acids is 1. The number of carboxylic acid groups (broad SMARTS) is 1. The summed E-state index contributed by atoms with van der Waals surface area (Å²) in [6, 6.07) is 3.30. The van der Waals surface area contributed by atoms with Gasteiger partial charge in [-0.25, -0.2) is 4.39 Å². The van der Waals surface area contributed by atoms with E-state index < -0.39 is 22.6 Å². The molecule has 0 aliphatic heterocycles. The molecule has 2 atom stereocenters. The third-order valence-corrected chi connectivity index (χ3v) is 3.25. The normalized spacial score (nSPS) is 13.5. The minimum Gasteiger partial charge on any atom is -0.481 e. The Kier molecular flexibility index (Phi) is 6.08. The van der Waals surface area contributed by atoms with E-state index >= 15 is 0 Å². The average molecular weight is 298 g/mol. The van der Waals surface area contributed by atoms with Crippen molar-refractivity contribution in [2.45, 2.75) is 39.2 Å². The van der Waals surface area contributed by atoms with Gasteiger partial charge < -0.3 is 10.4 Å². The Hall–Kier alpha value is -2.18. The lowest BCUT2D eigenvalue weighted by molar-refractivity contribution is -0.384. The topological polar surface area (TPSA) is 92.5 Å². The summed E-state index contributed by atoms with van der Waals surface area (Å²) in [5, 5.41) is 22.6. The summed E-state index contributed by atoms with van der Waals surface area (Å²) in [5.41, 5.74) is -0.0408. The first-order valence-electron chi connectivity index (χ1n) is 6.74. The van der Waals surface area contributed by atoms with Crippen molar-refractivity contribution in [3.63, 3.8) is 0 Å². The van der Waals surface area contributed by atoms with Crippen molar-refractivity contribution in [2.24, 2.45) is 5.92 Å². The number of carboxylic acids is 1. The number of nitrogens with zero attached hydrogens (tertiary/aromatic N) is 1. The minimum absolute atomic E-state index is 0.0739. The molecule has 1 aromatic rings. The van der Waals surface area contributed by atoms with Gasteiger partial charge in [-0.1, -0.05) is 13.3 Å². The first-order valence-corrected chi connectivity index (χ1v) is 6.74. The molecule has 116 valence electrons. The van der Waals surface area contributed by atoms with Crippen LogP contribution in [0.1, 0.15) is 33.1 Å². The molecule has 0 radical (unpaired) electrons. The average Bonchev–Trinajstić information content (AvgIpc) is 2.40. The number of rotatable bonds is 8. The van der Waals surface area contributed by atoms with E-state index in [9.17, 15) is 19.3 Å². The van der Waals surface area contributed by atoms with Gasteiger partial charge in [-0.2, -0.15) is 0 Å². The van der Waals surface area contributed by atoms with E-state index in [0.29, 0.717) is 19.3 Å². The van der Waals surface area contributed by atoms with Crippen LogP contribution in [0.4, 0.5) is 15.8 Å². The van der Waals surface area contributed by atoms with Crippen LogP contribution < -0.4 is 5.32 Å². The molecule has 7 heteroatoms. The predicted molar refractivity (Wildman–Crippen MR) is 76.8 cm³/mol. The fourth-order valence-corrected chi connectivity index (χ4v) is 1.97. The van der Waals surface area contributed by atoms with Crippen LogP contribution >= 0.6 is 0 Å². The number of hydrogen-bond donors (Lipinski definition) is 2. The van der Waals surface area contributed by atoms with Gasteiger partial charge in [0.2, 0.25) is 0 Å². The number of halogens is 1. The standard InChI is InChI=1S/C14H19FN2O4/c1-9(14(18)19)4-3-5-10(2)16-12-7-6-11(15)8-13(12)17(20)21/h6-10,16H,3-5H2,1-2H3,(H,18,19). The molecule has 0 aliphatic carbocycles. The molecule has 1 aromatic carbocycles. The second-order valence-corrected chi connectivity index (χ2v) is 5.13.